The van der Waals surface area contributed by atoms with Gasteiger partial charge in [-0.2, -0.15) is 0 Å². The number of urea groups is 1. The van der Waals surface area contributed by atoms with Gasteiger partial charge in [0.05, 0.1) is 25.0 Å². The molecule has 0 unspecified atom stereocenters. The van der Waals surface area contributed by atoms with Crippen LogP contribution in [-0.2, 0) is 20.8 Å². The molecule has 27 heavy (non-hydrogen) atoms. The fraction of sp³-hybridized carbons (Fsp3) is 0.250. The van der Waals surface area contributed by atoms with Crippen LogP contribution in [0.15, 0.2) is 54.6 Å². The summed E-state index contributed by atoms with van der Waals surface area (Å²) in [6.45, 7) is 1.93. The van der Waals surface area contributed by atoms with Crippen molar-refractivity contribution in [1.29, 1.82) is 0 Å². The summed E-state index contributed by atoms with van der Waals surface area (Å²) in [4.78, 5) is 37.9. The van der Waals surface area contributed by atoms with Crippen molar-refractivity contribution in [2.75, 3.05) is 25.6 Å². The monoisotopic (exact) mass is 370 g/mol. The van der Waals surface area contributed by atoms with Gasteiger partial charge in [0.15, 0.2) is 0 Å². The predicted molar refractivity (Wildman–Crippen MR) is 100 cm³/mol. The lowest BCUT2D eigenvalue weighted by atomic mass is 10.2. The van der Waals surface area contributed by atoms with Crippen molar-refractivity contribution in [1.82, 2.24) is 4.90 Å². The number of benzene rings is 2. The lowest BCUT2D eigenvalue weighted by Crippen LogP contribution is -2.39. The zero-order valence-electron chi connectivity index (χ0n) is 15.3. The lowest BCUT2D eigenvalue weighted by Gasteiger charge is -2.23. The van der Waals surface area contributed by atoms with Crippen molar-refractivity contribution in [3.8, 4) is 0 Å². The topological polar surface area (TPSA) is 84.9 Å². The Balaban J connectivity index is 2.20. The molecule has 0 aliphatic rings. The molecule has 0 aromatic heterocycles. The summed E-state index contributed by atoms with van der Waals surface area (Å²) < 4.78 is 9.69. The SMILES string of the molecule is CCOC(=O)CN(Cc1ccccc1)C(=O)Nc1ccccc1C(=O)OC. The first kappa shape index (κ1) is 20.0. The Morgan fingerprint density at radius 2 is 1.67 bits per heavy atom. The maximum Gasteiger partial charge on any atom is 0.339 e. The van der Waals surface area contributed by atoms with Crippen molar-refractivity contribution in [3.05, 3.63) is 65.7 Å². The second-order valence-electron chi connectivity index (χ2n) is 5.61. The van der Waals surface area contributed by atoms with E-state index in [1.54, 1.807) is 31.2 Å². The van der Waals surface area contributed by atoms with Gasteiger partial charge in [0.2, 0.25) is 0 Å². The van der Waals surface area contributed by atoms with Gasteiger partial charge in [-0.05, 0) is 24.6 Å². The summed E-state index contributed by atoms with van der Waals surface area (Å²) in [5.41, 5.74) is 1.39. The maximum atomic E-state index is 12.8. The van der Waals surface area contributed by atoms with Crippen LogP contribution < -0.4 is 5.32 Å². The average Bonchev–Trinajstić information content (AvgIpc) is 2.68. The van der Waals surface area contributed by atoms with Crippen molar-refractivity contribution < 1.29 is 23.9 Å². The average molecular weight is 370 g/mol. The molecular formula is C20H22N2O5. The quantitative estimate of drug-likeness (QED) is 0.757. The molecule has 0 saturated heterocycles. The van der Waals surface area contributed by atoms with Crippen molar-refractivity contribution >= 4 is 23.7 Å². The highest BCUT2D eigenvalue weighted by Crippen LogP contribution is 2.17. The molecule has 2 aromatic carbocycles. The third-order valence-corrected chi connectivity index (χ3v) is 3.70. The van der Waals surface area contributed by atoms with E-state index >= 15 is 0 Å². The molecule has 0 fully saturated rings. The third kappa shape index (κ3) is 5.85. The standard InChI is InChI=1S/C20H22N2O5/c1-3-27-18(23)14-22(13-15-9-5-4-6-10-15)20(25)21-17-12-8-7-11-16(17)19(24)26-2/h4-12H,3,13-14H2,1-2H3,(H,21,25). The molecule has 0 spiro atoms. The van der Waals surface area contributed by atoms with Gasteiger partial charge in [0, 0.05) is 6.54 Å². The van der Waals surface area contributed by atoms with Crippen LogP contribution in [0.25, 0.3) is 0 Å². The molecule has 0 bridgehead atoms. The molecule has 0 aliphatic carbocycles. The number of nitrogens with one attached hydrogen (secondary N) is 1. The van der Waals surface area contributed by atoms with Crippen molar-refractivity contribution in [2.45, 2.75) is 13.5 Å². The number of hydrogen-bond acceptors (Lipinski definition) is 5. The molecule has 2 rings (SSSR count). The molecule has 1 N–H and O–H groups in total. The van der Waals surface area contributed by atoms with Gasteiger partial charge in [0.1, 0.15) is 6.54 Å². The molecule has 2 aromatic rings. The Morgan fingerprint density at radius 3 is 2.33 bits per heavy atom. The number of esters is 2. The van der Waals surface area contributed by atoms with E-state index in [1.807, 2.05) is 30.3 Å². The largest absolute Gasteiger partial charge is 0.465 e. The third-order valence-electron chi connectivity index (χ3n) is 3.70. The van der Waals surface area contributed by atoms with Crippen LogP contribution in [-0.4, -0.2) is 43.1 Å². The summed E-state index contributed by atoms with van der Waals surface area (Å²) in [6.07, 6.45) is 0. The number of carbonyl (C=O) groups is 3. The van der Waals surface area contributed by atoms with Crippen LogP contribution >= 0.6 is 0 Å². The summed E-state index contributed by atoms with van der Waals surface area (Å²) in [5, 5.41) is 2.67. The minimum Gasteiger partial charge on any atom is -0.465 e. The number of nitrogens with zero attached hydrogens (tertiary/aromatic N) is 1. The Labute approximate surface area is 157 Å². The summed E-state index contributed by atoms with van der Waals surface area (Å²) in [5.74, 6) is -1.07. The van der Waals surface area contributed by atoms with Crippen molar-refractivity contribution in [3.63, 3.8) is 0 Å². The number of carbonyl (C=O) groups excluding carboxylic acids is 3. The zero-order valence-corrected chi connectivity index (χ0v) is 15.3. The van der Waals surface area contributed by atoms with Gasteiger partial charge in [-0.3, -0.25) is 4.79 Å². The van der Waals surface area contributed by atoms with Crippen molar-refractivity contribution in [2.24, 2.45) is 0 Å². The molecule has 0 saturated carbocycles. The Bertz CT molecular complexity index is 792. The van der Waals surface area contributed by atoms with Crippen LogP contribution in [0, 0.1) is 0 Å². The number of anilines is 1. The van der Waals surface area contributed by atoms with E-state index in [2.05, 4.69) is 5.32 Å². The second-order valence-corrected chi connectivity index (χ2v) is 5.61. The van der Waals surface area contributed by atoms with Gasteiger partial charge in [0.25, 0.3) is 0 Å². The molecular weight excluding hydrogens is 348 g/mol. The van der Waals surface area contributed by atoms with E-state index in [0.717, 1.165) is 5.56 Å². The van der Waals surface area contributed by atoms with E-state index in [-0.39, 0.29) is 25.3 Å². The first-order chi connectivity index (χ1) is 13.0. The molecule has 142 valence electrons. The maximum absolute atomic E-state index is 12.8. The van der Waals surface area contributed by atoms with Gasteiger partial charge < -0.3 is 19.7 Å². The predicted octanol–water partition coefficient (Wildman–Crippen LogP) is 3.07. The zero-order chi connectivity index (χ0) is 19.6. The fourth-order valence-electron chi connectivity index (χ4n) is 2.44. The second kappa shape index (κ2) is 9.96. The summed E-state index contributed by atoms with van der Waals surface area (Å²) >= 11 is 0. The Kier molecular flexibility index (Phi) is 7.37. The highest BCUT2D eigenvalue weighted by molar-refractivity contribution is 6.01. The first-order valence-corrected chi connectivity index (χ1v) is 8.48. The highest BCUT2D eigenvalue weighted by atomic mass is 16.5. The van der Waals surface area contributed by atoms with Crippen LogP contribution in [0.1, 0.15) is 22.8 Å². The number of amides is 2. The summed E-state index contributed by atoms with van der Waals surface area (Å²) in [6, 6.07) is 15.3. The molecule has 0 atom stereocenters. The molecule has 0 heterocycles. The van der Waals surface area contributed by atoms with Crippen LogP contribution in [0.3, 0.4) is 0 Å². The Morgan fingerprint density at radius 1 is 1.00 bits per heavy atom. The smallest absolute Gasteiger partial charge is 0.339 e. The van der Waals surface area contributed by atoms with E-state index in [4.69, 9.17) is 9.47 Å². The van der Waals surface area contributed by atoms with Crippen LogP contribution in [0.2, 0.25) is 0 Å². The van der Waals surface area contributed by atoms with Crippen LogP contribution in [0.4, 0.5) is 10.5 Å². The Hall–Kier alpha value is -3.35. The minimum absolute atomic E-state index is 0.213. The van der Waals surface area contributed by atoms with E-state index < -0.39 is 18.0 Å². The number of ether oxygens (including phenoxy) is 2. The molecule has 2 amide bonds. The van der Waals surface area contributed by atoms with Crippen LogP contribution in [0.5, 0.6) is 0 Å². The van der Waals surface area contributed by atoms with E-state index in [1.165, 1.54) is 12.0 Å². The first-order valence-electron chi connectivity index (χ1n) is 8.48. The molecule has 0 radical (unpaired) electrons. The molecule has 0 aliphatic heterocycles. The number of hydrogen-bond donors (Lipinski definition) is 1. The molecule has 7 nitrogen and oxygen atoms in total. The van der Waals surface area contributed by atoms with Gasteiger partial charge in [-0.25, -0.2) is 9.59 Å². The van der Waals surface area contributed by atoms with E-state index in [0.29, 0.717) is 5.69 Å². The fourth-order valence-corrected chi connectivity index (χ4v) is 2.44. The van der Waals surface area contributed by atoms with E-state index in [9.17, 15) is 14.4 Å². The number of methoxy groups -OCH3 is 1. The summed E-state index contributed by atoms with van der Waals surface area (Å²) in [7, 11) is 1.27. The minimum atomic E-state index is -0.564. The normalized spacial score (nSPS) is 10.0. The van der Waals surface area contributed by atoms with Gasteiger partial charge in [-0.15, -0.1) is 0 Å². The highest BCUT2D eigenvalue weighted by Gasteiger charge is 2.21. The number of rotatable bonds is 7. The molecule has 7 heteroatoms. The lowest BCUT2D eigenvalue weighted by molar-refractivity contribution is -0.143. The van der Waals surface area contributed by atoms with Gasteiger partial charge in [-0.1, -0.05) is 42.5 Å². The number of para-hydroxylation sites is 1. The van der Waals surface area contributed by atoms with Gasteiger partial charge >= 0.3 is 18.0 Å².